The molecule has 26 heavy (non-hydrogen) atoms. The first-order chi connectivity index (χ1) is 12.0. The highest BCUT2D eigenvalue weighted by molar-refractivity contribution is 14.1. The molecule has 2 rings (SSSR count). The molecule has 0 aliphatic carbocycles. The van der Waals surface area contributed by atoms with Gasteiger partial charge in [0.05, 0.1) is 4.90 Å². The maximum Gasteiger partial charge on any atom is 0.241 e. The van der Waals surface area contributed by atoms with Gasteiger partial charge in [0, 0.05) is 21.2 Å². The van der Waals surface area contributed by atoms with Crippen LogP contribution in [0.3, 0.4) is 0 Å². The molecule has 0 aromatic heterocycles. The van der Waals surface area contributed by atoms with Crippen molar-refractivity contribution < 1.29 is 13.2 Å². The van der Waals surface area contributed by atoms with Crippen molar-refractivity contribution in [2.75, 3.05) is 5.32 Å². The van der Waals surface area contributed by atoms with E-state index < -0.39 is 15.6 Å². The van der Waals surface area contributed by atoms with Gasteiger partial charge >= 0.3 is 0 Å². The Hall–Kier alpha value is -1.45. The van der Waals surface area contributed by atoms with E-state index in [1.807, 2.05) is 24.3 Å². The Balaban J connectivity index is 1.92. The second-order valence-electron chi connectivity index (χ2n) is 7.05. The Morgan fingerprint density at radius 2 is 1.58 bits per heavy atom. The Morgan fingerprint density at radius 3 is 2.12 bits per heavy atom. The molecule has 0 heterocycles. The molecule has 0 bridgehead atoms. The third-order valence-electron chi connectivity index (χ3n) is 3.44. The van der Waals surface area contributed by atoms with Crippen LogP contribution in [-0.2, 0) is 21.2 Å². The number of aryl methyl sites for hydroxylation is 1. The number of rotatable bonds is 6. The summed E-state index contributed by atoms with van der Waals surface area (Å²) < 4.78 is 28.3. The van der Waals surface area contributed by atoms with Gasteiger partial charge in [-0.3, -0.25) is 4.79 Å². The number of benzene rings is 2. The molecule has 140 valence electrons. The van der Waals surface area contributed by atoms with E-state index in [0.717, 1.165) is 14.8 Å². The van der Waals surface area contributed by atoms with Gasteiger partial charge in [0.1, 0.15) is 0 Å². The number of nitrogens with one attached hydrogen (secondary N) is 2. The lowest BCUT2D eigenvalue weighted by atomic mass is 10.1. The Labute approximate surface area is 168 Å². The summed E-state index contributed by atoms with van der Waals surface area (Å²) in [6.45, 7) is 5.39. The minimum atomic E-state index is -3.54. The van der Waals surface area contributed by atoms with Crippen LogP contribution in [0.15, 0.2) is 53.4 Å². The molecule has 7 heteroatoms. The molecule has 2 N–H and O–H groups in total. The molecular weight excluding hydrogens is 463 g/mol. The zero-order valence-corrected chi connectivity index (χ0v) is 18.0. The minimum Gasteiger partial charge on any atom is -0.326 e. The van der Waals surface area contributed by atoms with Gasteiger partial charge in [-0.05, 0) is 91.7 Å². The molecule has 0 aliphatic heterocycles. The fourth-order valence-electron chi connectivity index (χ4n) is 2.31. The molecule has 0 saturated carbocycles. The van der Waals surface area contributed by atoms with Crippen molar-refractivity contribution in [1.82, 2.24) is 4.72 Å². The number of hydrogen-bond acceptors (Lipinski definition) is 3. The summed E-state index contributed by atoms with van der Waals surface area (Å²) in [6, 6.07) is 14.2. The minimum absolute atomic E-state index is 0.0719. The van der Waals surface area contributed by atoms with E-state index in [9.17, 15) is 13.2 Å². The average Bonchev–Trinajstić information content (AvgIpc) is 2.53. The van der Waals surface area contributed by atoms with Crippen LogP contribution in [0.2, 0.25) is 0 Å². The number of carbonyl (C=O) groups is 1. The predicted molar refractivity (Wildman–Crippen MR) is 113 cm³/mol. The lowest BCUT2D eigenvalue weighted by molar-refractivity contribution is -0.116. The van der Waals surface area contributed by atoms with Crippen molar-refractivity contribution in [3.63, 3.8) is 0 Å². The van der Waals surface area contributed by atoms with Gasteiger partial charge in [0.25, 0.3) is 0 Å². The van der Waals surface area contributed by atoms with Crippen molar-refractivity contribution in [3.05, 3.63) is 57.7 Å². The van der Waals surface area contributed by atoms with Crippen LogP contribution < -0.4 is 10.0 Å². The molecule has 2 aromatic carbocycles. The zero-order chi connectivity index (χ0) is 19.4. The molecule has 0 unspecified atom stereocenters. The van der Waals surface area contributed by atoms with Crippen molar-refractivity contribution >= 4 is 44.2 Å². The summed E-state index contributed by atoms with van der Waals surface area (Å²) in [7, 11) is -3.54. The van der Waals surface area contributed by atoms with Gasteiger partial charge in [-0.1, -0.05) is 12.1 Å². The first-order valence-corrected chi connectivity index (χ1v) is 10.8. The molecule has 0 atom stereocenters. The standard InChI is InChI=1S/C19H23IN2O3S/c1-19(2,3)22-26(24,25)17-11-4-14(5-12-17)6-13-18(23)21-16-9-7-15(20)8-10-16/h4-5,7-12,22H,6,13H2,1-3H3,(H,21,23). The van der Waals surface area contributed by atoms with Crippen molar-refractivity contribution in [1.29, 1.82) is 0 Å². The molecule has 0 spiro atoms. The second-order valence-corrected chi connectivity index (χ2v) is 9.98. The normalized spacial score (nSPS) is 12.0. The van der Waals surface area contributed by atoms with Crippen LogP contribution in [0.5, 0.6) is 0 Å². The van der Waals surface area contributed by atoms with Crippen LogP contribution in [0.1, 0.15) is 32.8 Å². The van der Waals surface area contributed by atoms with E-state index >= 15 is 0 Å². The lowest BCUT2D eigenvalue weighted by Gasteiger charge is -2.20. The first-order valence-electron chi connectivity index (χ1n) is 8.23. The highest BCUT2D eigenvalue weighted by Gasteiger charge is 2.21. The number of anilines is 1. The van der Waals surface area contributed by atoms with Crippen molar-refractivity contribution in [2.24, 2.45) is 0 Å². The topological polar surface area (TPSA) is 75.3 Å². The quantitative estimate of drug-likeness (QED) is 0.608. The van der Waals surface area contributed by atoms with Crippen LogP contribution in [0.4, 0.5) is 5.69 Å². The first kappa shape index (κ1) is 20.9. The fraction of sp³-hybridized carbons (Fsp3) is 0.316. The lowest BCUT2D eigenvalue weighted by Crippen LogP contribution is -2.40. The summed E-state index contributed by atoms with van der Waals surface area (Å²) in [5.74, 6) is -0.0719. The molecule has 5 nitrogen and oxygen atoms in total. The van der Waals surface area contributed by atoms with Gasteiger partial charge in [-0.15, -0.1) is 0 Å². The number of carbonyl (C=O) groups excluding carboxylic acids is 1. The van der Waals surface area contributed by atoms with Gasteiger partial charge < -0.3 is 5.32 Å². The third-order valence-corrected chi connectivity index (χ3v) is 5.94. The fourth-order valence-corrected chi connectivity index (χ4v) is 4.09. The highest BCUT2D eigenvalue weighted by Crippen LogP contribution is 2.15. The smallest absolute Gasteiger partial charge is 0.241 e. The van der Waals surface area contributed by atoms with E-state index in [1.165, 1.54) is 0 Å². The Bertz CT molecular complexity index is 855. The number of halogens is 1. The van der Waals surface area contributed by atoms with Gasteiger partial charge in [0.15, 0.2) is 0 Å². The largest absolute Gasteiger partial charge is 0.326 e. The molecule has 0 aliphatic rings. The SMILES string of the molecule is CC(C)(C)NS(=O)(=O)c1ccc(CCC(=O)Nc2ccc(I)cc2)cc1. The Kier molecular flexibility index (Phi) is 6.81. The van der Waals surface area contributed by atoms with E-state index in [2.05, 4.69) is 32.6 Å². The van der Waals surface area contributed by atoms with Crippen LogP contribution in [0, 0.1) is 3.57 Å². The maximum absolute atomic E-state index is 12.3. The van der Waals surface area contributed by atoms with Crippen LogP contribution >= 0.6 is 22.6 Å². The molecular formula is C19H23IN2O3S. The summed E-state index contributed by atoms with van der Waals surface area (Å²) in [5.41, 5.74) is 1.15. The predicted octanol–water partition coefficient (Wildman–Crippen LogP) is 3.94. The average molecular weight is 486 g/mol. The summed E-state index contributed by atoms with van der Waals surface area (Å²) in [6.07, 6.45) is 0.877. The van der Waals surface area contributed by atoms with Gasteiger partial charge in [0.2, 0.25) is 15.9 Å². The van der Waals surface area contributed by atoms with Gasteiger partial charge in [-0.2, -0.15) is 0 Å². The van der Waals surface area contributed by atoms with Gasteiger partial charge in [-0.25, -0.2) is 13.1 Å². The summed E-state index contributed by atoms with van der Waals surface area (Å²) in [5, 5.41) is 2.85. The maximum atomic E-state index is 12.3. The summed E-state index contributed by atoms with van der Waals surface area (Å²) in [4.78, 5) is 12.3. The van der Waals surface area contributed by atoms with E-state index in [0.29, 0.717) is 12.8 Å². The van der Waals surface area contributed by atoms with E-state index in [1.54, 1.807) is 45.0 Å². The number of hydrogen-bond donors (Lipinski definition) is 2. The van der Waals surface area contributed by atoms with Crippen molar-refractivity contribution in [3.8, 4) is 0 Å². The van der Waals surface area contributed by atoms with E-state index in [4.69, 9.17) is 0 Å². The molecule has 0 fully saturated rings. The molecule has 0 saturated heterocycles. The zero-order valence-electron chi connectivity index (χ0n) is 15.0. The number of amides is 1. The third kappa shape index (κ3) is 6.69. The monoisotopic (exact) mass is 486 g/mol. The second kappa shape index (κ2) is 8.49. The number of sulfonamides is 1. The highest BCUT2D eigenvalue weighted by atomic mass is 127. The molecule has 2 aromatic rings. The molecule has 0 radical (unpaired) electrons. The molecule has 1 amide bonds. The van der Waals surface area contributed by atoms with E-state index in [-0.39, 0.29) is 10.8 Å². The summed E-state index contributed by atoms with van der Waals surface area (Å²) >= 11 is 2.21. The Morgan fingerprint density at radius 1 is 1.00 bits per heavy atom. The van der Waals surface area contributed by atoms with Crippen LogP contribution in [-0.4, -0.2) is 19.9 Å². The van der Waals surface area contributed by atoms with Crippen molar-refractivity contribution in [2.45, 2.75) is 44.0 Å². The van der Waals surface area contributed by atoms with Crippen LogP contribution in [0.25, 0.3) is 0 Å².